The molecule has 2 amide bonds. The standard InChI is InChI=1S/C18H26N4OS/c1-12(2)17-21-16(11-24-17)10-19-9-14-5-7-15(8-6-14)22-18(23)20-13(3)4/h5-8,11-13,19H,9-10H2,1-4H3,(H2,20,22,23). The summed E-state index contributed by atoms with van der Waals surface area (Å²) in [6.45, 7) is 9.72. The molecule has 5 nitrogen and oxygen atoms in total. The van der Waals surface area contributed by atoms with E-state index in [0.717, 1.165) is 24.5 Å². The third-order valence-electron chi connectivity index (χ3n) is 3.33. The Balaban J connectivity index is 1.78. The van der Waals surface area contributed by atoms with Gasteiger partial charge >= 0.3 is 6.03 Å². The average Bonchev–Trinajstić information content (AvgIpc) is 2.97. The Morgan fingerprint density at radius 3 is 2.42 bits per heavy atom. The lowest BCUT2D eigenvalue weighted by molar-refractivity contribution is 0.250. The van der Waals surface area contributed by atoms with E-state index in [9.17, 15) is 4.79 Å². The SMILES string of the molecule is CC(C)NC(=O)Nc1ccc(CNCc2csc(C(C)C)n2)cc1. The Hall–Kier alpha value is -1.92. The number of nitrogens with one attached hydrogen (secondary N) is 3. The Morgan fingerprint density at radius 1 is 1.12 bits per heavy atom. The summed E-state index contributed by atoms with van der Waals surface area (Å²) < 4.78 is 0. The van der Waals surface area contributed by atoms with E-state index in [1.165, 1.54) is 10.6 Å². The van der Waals surface area contributed by atoms with Gasteiger partial charge in [-0.3, -0.25) is 0 Å². The lowest BCUT2D eigenvalue weighted by atomic mass is 10.2. The third kappa shape index (κ3) is 5.94. The Kier molecular flexibility index (Phi) is 6.75. The fraction of sp³-hybridized carbons (Fsp3) is 0.444. The molecule has 0 aliphatic heterocycles. The van der Waals surface area contributed by atoms with Crippen molar-refractivity contribution in [3.8, 4) is 0 Å². The summed E-state index contributed by atoms with van der Waals surface area (Å²) in [5.74, 6) is 0.483. The van der Waals surface area contributed by atoms with E-state index in [1.54, 1.807) is 11.3 Å². The molecule has 0 unspecified atom stereocenters. The highest BCUT2D eigenvalue weighted by Crippen LogP contribution is 2.19. The lowest BCUT2D eigenvalue weighted by Gasteiger charge is -2.10. The molecule has 3 N–H and O–H groups in total. The molecule has 0 radical (unpaired) electrons. The van der Waals surface area contributed by atoms with E-state index in [0.29, 0.717) is 5.92 Å². The highest BCUT2D eigenvalue weighted by molar-refractivity contribution is 7.09. The van der Waals surface area contributed by atoms with Crippen LogP contribution in [0, 0.1) is 0 Å². The van der Waals surface area contributed by atoms with Crippen LogP contribution in [-0.4, -0.2) is 17.1 Å². The number of rotatable bonds is 7. The maximum Gasteiger partial charge on any atom is 0.319 e. The van der Waals surface area contributed by atoms with Crippen molar-refractivity contribution in [2.45, 2.75) is 52.7 Å². The monoisotopic (exact) mass is 346 g/mol. The number of carbonyl (C=O) groups is 1. The van der Waals surface area contributed by atoms with E-state index in [-0.39, 0.29) is 12.1 Å². The third-order valence-corrected chi connectivity index (χ3v) is 4.52. The van der Waals surface area contributed by atoms with Gasteiger partial charge in [0.25, 0.3) is 0 Å². The van der Waals surface area contributed by atoms with Gasteiger partial charge in [0.2, 0.25) is 0 Å². The van der Waals surface area contributed by atoms with E-state index in [4.69, 9.17) is 0 Å². The van der Waals surface area contributed by atoms with Crippen molar-refractivity contribution in [3.63, 3.8) is 0 Å². The maximum absolute atomic E-state index is 11.6. The van der Waals surface area contributed by atoms with Crippen molar-refractivity contribution in [2.75, 3.05) is 5.32 Å². The fourth-order valence-corrected chi connectivity index (χ4v) is 2.97. The second-order valence-corrected chi connectivity index (χ2v) is 7.28. The highest BCUT2D eigenvalue weighted by Gasteiger charge is 2.06. The number of nitrogens with zero attached hydrogens (tertiary/aromatic N) is 1. The second-order valence-electron chi connectivity index (χ2n) is 6.39. The molecule has 6 heteroatoms. The summed E-state index contributed by atoms with van der Waals surface area (Å²) in [5, 5.41) is 12.3. The summed E-state index contributed by atoms with van der Waals surface area (Å²) >= 11 is 1.72. The quantitative estimate of drug-likeness (QED) is 0.707. The second kappa shape index (κ2) is 8.80. The summed E-state index contributed by atoms with van der Waals surface area (Å²) in [5.41, 5.74) is 3.05. The fourth-order valence-electron chi connectivity index (χ4n) is 2.14. The number of thiazole rings is 1. The molecule has 0 saturated carbocycles. The molecule has 0 aliphatic rings. The lowest BCUT2D eigenvalue weighted by Crippen LogP contribution is -2.34. The molecule has 0 atom stereocenters. The first kappa shape index (κ1) is 18.4. The summed E-state index contributed by atoms with van der Waals surface area (Å²) in [6.07, 6.45) is 0. The van der Waals surface area contributed by atoms with E-state index < -0.39 is 0 Å². The van der Waals surface area contributed by atoms with Crippen molar-refractivity contribution in [3.05, 3.63) is 45.9 Å². The first-order chi connectivity index (χ1) is 11.4. The topological polar surface area (TPSA) is 66.1 Å². The number of hydrogen-bond acceptors (Lipinski definition) is 4. The van der Waals surface area contributed by atoms with Gasteiger partial charge in [0, 0.05) is 36.1 Å². The first-order valence-corrected chi connectivity index (χ1v) is 9.13. The Morgan fingerprint density at radius 2 is 1.83 bits per heavy atom. The van der Waals surface area contributed by atoms with Crippen LogP contribution < -0.4 is 16.0 Å². The number of amides is 2. The molecule has 0 saturated heterocycles. The van der Waals surface area contributed by atoms with Gasteiger partial charge in [0.1, 0.15) is 0 Å². The zero-order chi connectivity index (χ0) is 17.5. The Labute approximate surface area is 147 Å². The van der Waals surface area contributed by atoms with Crippen molar-refractivity contribution in [2.24, 2.45) is 0 Å². The Bertz CT molecular complexity index is 649. The normalized spacial score (nSPS) is 11.1. The number of urea groups is 1. The van der Waals surface area contributed by atoms with Crippen LogP contribution in [0.3, 0.4) is 0 Å². The van der Waals surface area contributed by atoms with Crippen LogP contribution in [-0.2, 0) is 13.1 Å². The predicted octanol–water partition coefficient (Wildman–Crippen LogP) is 4.09. The average molecular weight is 347 g/mol. The van der Waals surface area contributed by atoms with Crippen LogP contribution in [0.25, 0.3) is 0 Å². The van der Waals surface area contributed by atoms with Gasteiger partial charge in [0.15, 0.2) is 0 Å². The molecule has 1 heterocycles. The van der Waals surface area contributed by atoms with Crippen molar-refractivity contribution < 1.29 is 4.79 Å². The number of benzene rings is 1. The molecule has 1 aromatic carbocycles. The molecular weight excluding hydrogens is 320 g/mol. The number of aromatic nitrogens is 1. The number of anilines is 1. The van der Waals surface area contributed by atoms with Crippen LogP contribution in [0.2, 0.25) is 0 Å². The minimum absolute atomic E-state index is 0.121. The minimum atomic E-state index is -0.180. The molecule has 0 aliphatic carbocycles. The summed E-state index contributed by atoms with van der Waals surface area (Å²) in [4.78, 5) is 16.3. The summed E-state index contributed by atoms with van der Waals surface area (Å²) in [6, 6.07) is 7.79. The zero-order valence-electron chi connectivity index (χ0n) is 14.7. The molecule has 24 heavy (non-hydrogen) atoms. The minimum Gasteiger partial charge on any atom is -0.336 e. The van der Waals surface area contributed by atoms with Gasteiger partial charge in [-0.1, -0.05) is 26.0 Å². The van der Waals surface area contributed by atoms with Gasteiger partial charge in [-0.05, 0) is 31.5 Å². The van der Waals surface area contributed by atoms with Crippen LogP contribution in [0.5, 0.6) is 0 Å². The highest BCUT2D eigenvalue weighted by atomic mass is 32.1. The maximum atomic E-state index is 11.6. The molecule has 2 rings (SSSR count). The van der Waals surface area contributed by atoms with Crippen LogP contribution in [0.4, 0.5) is 10.5 Å². The van der Waals surface area contributed by atoms with Crippen LogP contribution in [0.15, 0.2) is 29.6 Å². The predicted molar refractivity (Wildman–Crippen MR) is 100 cm³/mol. The van der Waals surface area contributed by atoms with E-state index in [2.05, 4.69) is 40.2 Å². The molecule has 0 bridgehead atoms. The van der Waals surface area contributed by atoms with Gasteiger partial charge in [0.05, 0.1) is 10.7 Å². The molecule has 130 valence electrons. The summed E-state index contributed by atoms with van der Waals surface area (Å²) in [7, 11) is 0. The molecule has 2 aromatic rings. The van der Waals surface area contributed by atoms with Crippen LogP contribution >= 0.6 is 11.3 Å². The number of hydrogen-bond donors (Lipinski definition) is 3. The molecule has 0 spiro atoms. The van der Waals surface area contributed by atoms with Gasteiger partial charge in [-0.15, -0.1) is 11.3 Å². The number of carbonyl (C=O) groups excluding carboxylic acids is 1. The largest absolute Gasteiger partial charge is 0.336 e. The smallest absolute Gasteiger partial charge is 0.319 e. The van der Waals surface area contributed by atoms with Crippen molar-refractivity contribution >= 4 is 23.1 Å². The van der Waals surface area contributed by atoms with Crippen molar-refractivity contribution in [1.82, 2.24) is 15.6 Å². The molecule has 0 fully saturated rings. The van der Waals surface area contributed by atoms with Gasteiger partial charge < -0.3 is 16.0 Å². The molecular formula is C18H26N4OS. The molecule has 1 aromatic heterocycles. The van der Waals surface area contributed by atoms with Crippen LogP contribution in [0.1, 0.15) is 49.9 Å². The van der Waals surface area contributed by atoms with Gasteiger partial charge in [-0.25, -0.2) is 9.78 Å². The van der Waals surface area contributed by atoms with E-state index >= 15 is 0 Å². The first-order valence-electron chi connectivity index (χ1n) is 8.25. The van der Waals surface area contributed by atoms with Gasteiger partial charge in [-0.2, -0.15) is 0 Å². The van der Waals surface area contributed by atoms with E-state index in [1.807, 2.05) is 38.1 Å². The van der Waals surface area contributed by atoms with Crippen molar-refractivity contribution in [1.29, 1.82) is 0 Å². The zero-order valence-corrected chi connectivity index (χ0v) is 15.5.